The van der Waals surface area contributed by atoms with Crippen LogP contribution >= 0.6 is 0 Å². The summed E-state index contributed by atoms with van der Waals surface area (Å²) >= 11 is 0. The molecule has 1 N–H and O–H groups in total. The Kier molecular flexibility index (Phi) is 5.48. The number of alkyl halides is 3. The molecule has 2 fully saturated rings. The van der Waals surface area contributed by atoms with Crippen molar-refractivity contribution < 1.29 is 23.1 Å². The number of hydrogen-bond donors (Lipinski definition) is 1. The lowest BCUT2D eigenvalue weighted by Gasteiger charge is -2.36. The van der Waals surface area contributed by atoms with E-state index in [0.29, 0.717) is 13.1 Å². The van der Waals surface area contributed by atoms with Gasteiger partial charge in [0, 0.05) is 13.1 Å². The van der Waals surface area contributed by atoms with Gasteiger partial charge < -0.3 is 10.0 Å². The Morgan fingerprint density at radius 3 is 2.19 bits per heavy atom. The minimum atomic E-state index is -4.55. The van der Waals surface area contributed by atoms with E-state index in [4.69, 9.17) is 0 Å². The second kappa shape index (κ2) is 6.96. The van der Waals surface area contributed by atoms with E-state index in [9.17, 15) is 23.1 Å². The van der Waals surface area contributed by atoms with Crippen LogP contribution in [0.1, 0.15) is 32.1 Å². The highest BCUT2D eigenvalue weighted by molar-refractivity contribution is 5.78. The summed E-state index contributed by atoms with van der Waals surface area (Å²) in [6.07, 6.45) is -2.99. The van der Waals surface area contributed by atoms with Gasteiger partial charge in [-0.05, 0) is 51.1 Å². The molecular weight excluding hydrogens is 285 g/mol. The number of nitrogens with zero attached hydrogens (tertiary/aromatic N) is 2. The zero-order chi connectivity index (χ0) is 15.5. The Morgan fingerprint density at radius 2 is 1.67 bits per heavy atom. The molecular formula is C14H23F3N2O2. The van der Waals surface area contributed by atoms with Crippen LogP contribution in [0.25, 0.3) is 0 Å². The van der Waals surface area contributed by atoms with Gasteiger partial charge in [-0.2, -0.15) is 13.2 Å². The van der Waals surface area contributed by atoms with Crippen LogP contribution < -0.4 is 0 Å². The quantitative estimate of drug-likeness (QED) is 0.862. The normalized spacial score (nSPS) is 24.1. The van der Waals surface area contributed by atoms with Crippen LogP contribution in [0.2, 0.25) is 0 Å². The molecule has 122 valence electrons. The fourth-order valence-electron chi connectivity index (χ4n) is 3.13. The summed E-state index contributed by atoms with van der Waals surface area (Å²) < 4.78 is 37.4. The van der Waals surface area contributed by atoms with Gasteiger partial charge in [0.15, 0.2) is 6.10 Å². The smallest absolute Gasteiger partial charge is 0.383 e. The van der Waals surface area contributed by atoms with E-state index < -0.39 is 18.2 Å². The second-order valence-corrected chi connectivity index (χ2v) is 6.04. The van der Waals surface area contributed by atoms with Crippen molar-refractivity contribution in [3.8, 4) is 0 Å². The van der Waals surface area contributed by atoms with Crippen LogP contribution in [0, 0.1) is 5.92 Å². The Morgan fingerprint density at radius 1 is 1.10 bits per heavy atom. The van der Waals surface area contributed by atoms with E-state index in [1.807, 2.05) is 9.80 Å². The number of amides is 1. The van der Waals surface area contributed by atoms with Crippen molar-refractivity contribution in [3.05, 3.63) is 0 Å². The third kappa shape index (κ3) is 4.57. The molecule has 0 saturated carbocycles. The largest absolute Gasteiger partial charge is 0.414 e. The summed E-state index contributed by atoms with van der Waals surface area (Å²) in [6.45, 7) is 2.76. The molecule has 21 heavy (non-hydrogen) atoms. The maximum atomic E-state index is 12.5. The van der Waals surface area contributed by atoms with Crippen molar-refractivity contribution in [1.82, 2.24) is 9.80 Å². The number of likely N-dealkylation sites (tertiary alicyclic amines) is 2. The summed E-state index contributed by atoms with van der Waals surface area (Å²) in [5, 5.41) is 9.26. The summed E-state index contributed by atoms with van der Waals surface area (Å²) in [7, 11) is 0. The Hall–Kier alpha value is -0.820. The number of aliphatic hydroxyl groups is 1. The van der Waals surface area contributed by atoms with Gasteiger partial charge in [-0.1, -0.05) is 0 Å². The number of rotatable bonds is 3. The predicted octanol–water partition coefficient (Wildman–Crippen LogP) is 1.63. The summed E-state index contributed by atoms with van der Waals surface area (Å²) in [6, 6.07) is 0. The maximum Gasteiger partial charge on any atom is 0.414 e. The van der Waals surface area contributed by atoms with E-state index in [2.05, 4.69) is 0 Å². The number of carbonyl (C=O) groups is 1. The highest BCUT2D eigenvalue weighted by atomic mass is 19.4. The molecule has 2 rings (SSSR count). The number of aliphatic hydroxyl groups excluding tert-OH is 1. The molecule has 1 atom stereocenters. The minimum Gasteiger partial charge on any atom is -0.383 e. The van der Waals surface area contributed by atoms with Gasteiger partial charge in [0.25, 0.3) is 0 Å². The molecule has 2 heterocycles. The van der Waals surface area contributed by atoms with Gasteiger partial charge in [0.2, 0.25) is 5.91 Å². The van der Waals surface area contributed by atoms with Gasteiger partial charge in [0.05, 0.1) is 6.54 Å². The highest BCUT2D eigenvalue weighted by Gasteiger charge is 2.44. The first-order valence-corrected chi connectivity index (χ1v) is 7.63. The van der Waals surface area contributed by atoms with E-state index in [1.54, 1.807) is 0 Å². The molecule has 0 aromatic heterocycles. The first kappa shape index (κ1) is 16.5. The third-order valence-corrected chi connectivity index (χ3v) is 4.48. The molecule has 0 aromatic rings. The second-order valence-electron chi connectivity index (χ2n) is 6.04. The van der Waals surface area contributed by atoms with Crippen molar-refractivity contribution in [2.24, 2.45) is 5.92 Å². The average molecular weight is 308 g/mol. The molecule has 0 aromatic carbocycles. The van der Waals surface area contributed by atoms with Crippen LogP contribution in [0.3, 0.4) is 0 Å². The van der Waals surface area contributed by atoms with E-state index in [0.717, 1.165) is 32.4 Å². The van der Waals surface area contributed by atoms with Crippen LogP contribution in [-0.2, 0) is 4.79 Å². The molecule has 7 heteroatoms. The van der Waals surface area contributed by atoms with Crippen molar-refractivity contribution in [2.45, 2.75) is 44.4 Å². The van der Waals surface area contributed by atoms with E-state index in [-0.39, 0.29) is 25.3 Å². The summed E-state index contributed by atoms with van der Waals surface area (Å²) in [5.41, 5.74) is 0. The predicted molar refractivity (Wildman–Crippen MR) is 71.7 cm³/mol. The van der Waals surface area contributed by atoms with Crippen molar-refractivity contribution >= 4 is 5.91 Å². The zero-order valence-electron chi connectivity index (χ0n) is 12.1. The lowest BCUT2D eigenvalue weighted by atomic mass is 9.91. The first-order chi connectivity index (χ1) is 9.88. The molecule has 0 aliphatic carbocycles. The van der Waals surface area contributed by atoms with Crippen LogP contribution in [-0.4, -0.2) is 65.8 Å². The zero-order valence-corrected chi connectivity index (χ0v) is 12.1. The number of hydrogen-bond acceptors (Lipinski definition) is 3. The number of carbonyl (C=O) groups excluding carboxylic acids is 1. The average Bonchev–Trinajstić information content (AvgIpc) is 2.47. The number of piperidine rings is 2. The monoisotopic (exact) mass is 308 g/mol. The molecule has 1 unspecified atom stereocenters. The molecule has 1 amide bonds. The van der Waals surface area contributed by atoms with Gasteiger partial charge >= 0.3 is 6.18 Å². The number of halogens is 3. The van der Waals surface area contributed by atoms with Crippen molar-refractivity contribution in [3.63, 3.8) is 0 Å². The van der Waals surface area contributed by atoms with Gasteiger partial charge in [-0.25, -0.2) is 0 Å². The summed E-state index contributed by atoms with van der Waals surface area (Å²) in [4.78, 5) is 15.8. The molecule has 2 saturated heterocycles. The van der Waals surface area contributed by atoms with Crippen LogP contribution in [0.5, 0.6) is 0 Å². The minimum absolute atomic E-state index is 0.0736. The molecule has 2 aliphatic rings. The molecule has 0 radical (unpaired) electrons. The lowest BCUT2D eigenvalue weighted by Crippen LogP contribution is -2.47. The molecule has 4 nitrogen and oxygen atoms in total. The maximum absolute atomic E-state index is 12.5. The molecule has 0 spiro atoms. The van der Waals surface area contributed by atoms with Crippen molar-refractivity contribution in [1.29, 1.82) is 0 Å². The van der Waals surface area contributed by atoms with Gasteiger partial charge in [-0.15, -0.1) is 0 Å². The standard InChI is InChI=1S/C14H23F3N2O2/c15-14(16,17)13(21)11-4-8-18(9-5-11)10-12(20)19-6-2-1-3-7-19/h11,13,21H,1-10H2. The first-order valence-electron chi connectivity index (χ1n) is 7.63. The van der Waals surface area contributed by atoms with E-state index in [1.165, 1.54) is 0 Å². The fraction of sp³-hybridized carbons (Fsp3) is 0.929. The Bertz CT molecular complexity index is 349. The topological polar surface area (TPSA) is 43.8 Å². The SMILES string of the molecule is O=C(CN1CCC(C(O)C(F)(F)F)CC1)N1CCCCC1. The fourth-order valence-corrected chi connectivity index (χ4v) is 3.13. The Balaban J connectivity index is 1.75. The third-order valence-electron chi connectivity index (χ3n) is 4.48. The molecule has 0 bridgehead atoms. The lowest BCUT2D eigenvalue weighted by molar-refractivity contribution is -0.223. The van der Waals surface area contributed by atoms with Crippen LogP contribution in [0.15, 0.2) is 0 Å². The van der Waals surface area contributed by atoms with Crippen molar-refractivity contribution in [2.75, 3.05) is 32.7 Å². The van der Waals surface area contributed by atoms with E-state index >= 15 is 0 Å². The summed E-state index contributed by atoms with van der Waals surface area (Å²) in [5.74, 6) is -0.671. The Labute approximate surface area is 122 Å². The van der Waals surface area contributed by atoms with Crippen LogP contribution in [0.4, 0.5) is 13.2 Å². The van der Waals surface area contributed by atoms with Gasteiger partial charge in [0.1, 0.15) is 0 Å². The highest BCUT2D eigenvalue weighted by Crippen LogP contribution is 2.31. The van der Waals surface area contributed by atoms with Gasteiger partial charge in [-0.3, -0.25) is 9.69 Å². The molecule has 2 aliphatic heterocycles.